The summed E-state index contributed by atoms with van der Waals surface area (Å²) >= 11 is 0. The molecule has 5 nitrogen and oxygen atoms in total. The highest BCUT2D eigenvalue weighted by atomic mass is 19.1. The van der Waals surface area contributed by atoms with Gasteiger partial charge in [0.25, 0.3) is 0 Å². The van der Waals surface area contributed by atoms with Gasteiger partial charge in [0.15, 0.2) is 6.61 Å². The van der Waals surface area contributed by atoms with Gasteiger partial charge in [0.1, 0.15) is 11.6 Å². The normalized spacial score (nSPS) is 11.0. The molecule has 0 atom stereocenters. The lowest BCUT2D eigenvalue weighted by atomic mass is 10.1. The molecular weight excluding hydrogens is 378 g/mol. The molecule has 1 heterocycles. The van der Waals surface area contributed by atoms with Crippen LogP contribution >= 0.6 is 0 Å². The van der Waals surface area contributed by atoms with E-state index in [0.29, 0.717) is 6.07 Å². The summed E-state index contributed by atoms with van der Waals surface area (Å²) in [6.45, 7) is 3.05. The quantitative estimate of drug-likeness (QED) is 0.356. The maximum atomic E-state index is 13.6. The Bertz CT molecular complexity index is 1090. The molecule has 2 aromatic carbocycles. The van der Waals surface area contributed by atoms with Crippen molar-refractivity contribution in [2.45, 2.75) is 13.8 Å². The lowest BCUT2D eigenvalue weighted by Crippen LogP contribution is -2.14. The van der Waals surface area contributed by atoms with Crippen molar-refractivity contribution in [3.05, 3.63) is 88.8 Å². The van der Waals surface area contributed by atoms with Crippen LogP contribution in [0.3, 0.4) is 0 Å². The van der Waals surface area contributed by atoms with E-state index in [9.17, 15) is 18.4 Å². The molecule has 1 aromatic heterocycles. The number of hydrogen-bond donors (Lipinski definition) is 0. The molecule has 148 valence electrons. The van der Waals surface area contributed by atoms with Crippen LogP contribution < -0.4 is 0 Å². The van der Waals surface area contributed by atoms with Crippen molar-refractivity contribution in [3.8, 4) is 5.69 Å². The molecule has 3 rings (SSSR count). The van der Waals surface area contributed by atoms with Crippen LogP contribution in [-0.2, 0) is 9.53 Å². The maximum absolute atomic E-state index is 13.6. The van der Waals surface area contributed by atoms with Crippen LogP contribution in [-0.4, -0.2) is 28.1 Å². The van der Waals surface area contributed by atoms with Gasteiger partial charge >= 0.3 is 5.97 Å². The predicted octanol–water partition coefficient (Wildman–Crippen LogP) is 4.21. The van der Waals surface area contributed by atoms with Gasteiger partial charge in [-0.15, -0.1) is 0 Å². The zero-order chi connectivity index (χ0) is 21.0. The number of benzene rings is 2. The predicted molar refractivity (Wildman–Crippen MR) is 104 cm³/mol. The van der Waals surface area contributed by atoms with Crippen molar-refractivity contribution in [2.24, 2.45) is 0 Å². The second-order valence-electron chi connectivity index (χ2n) is 6.32. The van der Waals surface area contributed by atoms with Crippen LogP contribution in [0.4, 0.5) is 8.78 Å². The summed E-state index contributed by atoms with van der Waals surface area (Å²) in [5, 5.41) is 4.48. The van der Waals surface area contributed by atoms with Crippen LogP contribution in [0.15, 0.2) is 54.6 Å². The molecule has 7 heteroatoms. The Morgan fingerprint density at radius 3 is 2.52 bits per heavy atom. The topological polar surface area (TPSA) is 61.2 Å². The number of Topliss-reactive ketones (excluding diaryl/α,β-unsaturated/α-hetero) is 1. The first-order chi connectivity index (χ1) is 13.9. The number of nitrogens with zero attached hydrogens (tertiary/aromatic N) is 2. The minimum absolute atomic E-state index is 0.334. The number of hydrogen-bond acceptors (Lipinski definition) is 4. The number of ether oxygens (including phenoxy) is 1. The largest absolute Gasteiger partial charge is 0.454 e. The molecule has 0 saturated carbocycles. The van der Waals surface area contributed by atoms with Crippen molar-refractivity contribution < 1.29 is 23.1 Å². The molecule has 0 aliphatic heterocycles. The summed E-state index contributed by atoms with van der Waals surface area (Å²) in [5.74, 6) is -3.30. The van der Waals surface area contributed by atoms with E-state index in [4.69, 9.17) is 4.74 Å². The zero-order valence-electron chi connectivity index (χ0n) is 15.9. The lowest BCUT2D eigenvalue weighted by Gasteiger charge is -2.04. The van der Waals surface area contributed by atoms with Crippen molar-refractivity contribution in [1.82, 2.24) is 9.78 Å². The van der Waals surface area contributed by atoms with E-state index >= 15 is 0 Å². The zero-order valence-corrected chi connectivity index (χ0v) is 15.9. The summed E-state index contributed by atoms with van der Waals surface area (Å²) in [5.41, 5.74) is 2.87. The monoisotopic (exact) mass is 396 g/mol. The standard InChI is InChI=1S/C22H18F2N2O3/c1-14-18(15(2)26(25-14)17-6-4-3-5-7-17)10-11-22(28)29-13-21(27)19-9-8-16(23)12-20(19)24/h3-12H,13H2,1-2H3/b11-10+. The van der Waals surface area contributed by atoms with Gasteiger partial charge in [-0.25, -0.2) is 18.3 Å². The fourth-order valence-corrected chi connectivity index (χ4v) is 2.85. The number of para-hydroxylation sites is 1. The number of ketones is 1. The number of carbonyl (C=O) groups is 2. The SMILES string of the molecule is Cc1nn(-c2ccccc2)c(C)c1/C=C/C(=O)OCC(=O)c1ccc(F)cc1F. The number of aryl methyl sites for hydroxylation is 1. The van der Waals surface area contributed by atoms with Gasteiger partial charge < -0.3 is 4.74 Å². The number of rotatable bonds is 6. The van der Waals surface area contributed by atoms with Gasteiger partial charge in [-0.2, -0.15) is 5.10 Å². The third kappa shape index (κ3) is 4.63. The lowest BCUT2D eigenvalue weighted by molar-refractivity contribution is -0.136. The molecule has 0 spiro atoms. The third-order valence-electron chi connectivity index (χ3n) is 4.31. The van der Waals surface area contributed by atoms with E-state index in [2.05, 4.69) is 5.10 Å². The first kappa shape index (κ1) is 20.1. The summed E-state index contributed by atoms with van der Waals surface area (Å²) < 4.78 is 33.1. The average molecular weight is 396 g/mol. The van der Waals surface area contributed by atoms with Gasteiger partial charge in [0.05, 0.1) is 16.9 Å². The number of halogens is 2. The Morgan fingerprint density at radius 2 is 1.83 bits per heavy atom. The minimum Gasteiger partial charge on any atom is -0.454 e. The van der Waals surface area contributed by atoms with Crippen LogP contribution in [0.25, 0.3) is 11.8 Å². The first-order valence-corrected chi connectivity index (χ1v) is 8.81. The number of aromatic nitrogens is 2. The van der Waals surface area contributed by atoms with Gasteiger partial charge in [0.2, 0.25) is 5.78 Å². The molecule has 0 radical (unpaired) electrons. The van der Waals surface area contributed by atoms with Crippen LogP contribution in [0, 0.1) is 25.5 Å². The molecule has 0 bridgehead atoms. The molecule has 0 unspecified atom stereocenters. The fourth-order valence-electron chi connectivity index (χ4n) is 2.85. The van der Waals surface area contributed by atoms with E-state index in [-0.39, 0.29) is 5.56 Å². The van der Waals surface area contributed by atoms with Crippen molar-refractivity contribution in [3.63, 3.8) is 0 Å². The highest BCUT2D eigenvalue weighted by Crippen LogP contribution is 2.19. The van der Waals surface area contributed by atoms with Crippen molar-refractivity contribution >= 4 is 17.8 Å². The first-order valence-electron chi connectivity index (χ1n) is 8.81. The summed E-state index contributed by atoms with van der Waals surface area (Å²) in [7, 11) is 0. The number of carbonyl (C=O) groups excluding carboxylic acids is 2. The Morgan fingerprint density at radius 1 is 1.10 bits per heavy atom. The average Bonchev–Trinajstić information content (AvgIpc) is 2.99. The number of esters is 1. The Hall–Kier alpha value is -3.61. The summed E-state index contributed by atoms with van der Waals surface area (Å²) in [6.07, 6.45) is 2.74. The molecule has 0 fully saturated rings. The smallest absolute Gasteiger partial charge is 0.331 e. The molecule has 0 aliphatic rings. The molecule has 0 aliphatic carbocycles. The van der Waals surface area contributed by atoms with E-state index in [1.807, 2.05) is 44.2 Å². The van der Waals surface area contributed by atoms with E-state index in [1.54, 1.807) is 10.8 Å². The van der Waals surface area contributed by atoms with Crippen LogP contribution in [0.5, 0.6) is 0 Å². The summed E-state index contributed by atoms with van der Waals surface area (Å²) in [4.78, 5) is 23.9. The molecular formula is C22H18F2N2O3. The second kappa shape index (κ2) is 8.60. The van der Waals surface area contributed by atoms with Crippen LogP contribution in [0.2, 0.25) is 0 Å². The summed E-state index contributed by atoms with van der Waals surface area (Å²) in [6, 6.07) is 12.1. The highest BCUT2D eigenvalue weighted by Gasteiger charge is 2.15. The van der Waals surface area contributed by atoms with Crippen molar-refractivity contribution in [1.29, 1.82) is 0 Å². The third-order valence-corrected chi connectivity index (χ3v) is 4.31. The molecule has 0 saturated heterocycles. The molecule has 3 aromatic rings. The van der Waals surface area contributed by atoms with E-state index in [0.717, 1.165) is 34.8 Å². The Labute approximate surface area is 166 Å². The van der Waals surface area contributed by atoms with E-state index < -0.39 is 30.0 Å². The maximum Gasteiger partial charge on any atom is 0.331 e. The van der Waals surface area contributed by atoms with Gasteiger partial charge in [0, 0.05) is 23.4 Å². The Kier molecular flexibility index (Phi) is 5.97. The van der Waals surface area contributed by atoms with Crippen LogP contribution in [0.1, 0.15) is 27.3 Å². The van der Waals surface area contributed by atoms with Crippen molar-refractivity contribution in [2.75, 3.05) is 6.61 Å². The molecule has 29 heavy (non-hydrogen) atoms. The fraction of sp³-hybridized carbons (Fsp3) is 0.136. The molecule has 0 amide bonds. The van der Waals surface area contributed by atoms with E-state index in [1.165, 1.54) is 6.08 Å². The highest BCUT2D eigenvalue weighted by molar-refractivity contribution is 5.99. The second-order valence-corrected chi connectivity index (χ2v) is 6.32. The van der Waals surface area contributed by atoms with Gasteiger partial charge in [-0.05, 0) is 44.2 Å². The van der Waals surface area contributed by atoms with Gasteiger partial charge in [-0.1, -0.05) is 18.2 Å². The van der Waals surface area contributed by atoms with Gasteiger partial charge in [-0.3, -0.25) is 4.79 Å². The minimum atomic E-state index is -0.999. The molecule has 0 N–H and O–H groups in total. The Balaban J connectivity index is 1.67.